The van der Waals surface area contributed by atoms with Crippen molar-refractivity contribution in [3.63, 3.8) is 0 Å². The third-order valence-corrected chi connectivity index (χ3v) is 8.17. The quantitative estimate of drug-likeness (QED) is 0.572. The van der Waals surface area contributed by atoms with Gasteiger partial charge >= 0.3 is 0 Å². The number of piperidine rings is 1. The van der Waals surface area contributed by atoms with Crippen LogP contribution in [0.25, 0.3) is 0 Å². The van der Waals surface area contributed by atoms with E-state index in [0.29, 0.717) is 24.6 Å². The third kappa shape index (κ3) is 6.30. The number of likely N-dealkylation sites (tertiary alicyclic amines) is 1. The standard InChI is InChI=1S/C29H39N5O3/c1-37-26-12-4-20(5-13-26)19-34(24-10-11-24)25-14-16-33(29(36)21-3-2-15-31-18-21)27(17-25)28(35)32-23-8-6-22(30)7-9-23/h2-5,12-13,15,18,22-25,27H,6-11,14,16-17,19,30H2,1H3,(H,32,35)/t22?,23?,25?,27-/m1/s1. The minimum absolute atomic E-state index is 0.0393. The maximum atomic E-state index is 13.7. The van der Waals surface area contributed by atoms with Crippen LogP contribution in [0, 0.1) is 0 Å². The lowest BCUT2D eigenvalue weighted by Gasteiger charge is -2.43. The van der Waals surface area contributed by atoms with Crippen LogP contribution in [0.15, 0.2) is 48.8 Å². The highest BCUT2D eigenvalue weighted by Gasteiger charge is 2.42. The van der Waals surface area contributed by atoms with Crippen LogP contribution in [0.2, 0.25) is 0 Å². The summed E-state index contributed by atoms with van der Waals surface area (Å²) in [5, 5.41) is 3.28. The number of pyridine rings is 1. The monoisotopic (exact) mass is 505 g/mol. The van der Waals surface area contributed by atoms with Gasteiger partial charge in [-0.3, -0.25) is 19.5 Å². The summed E-state index contributed by atoms with van der Waals surface area (Å²) in [6.07, 6.45) is 10.7. The van der Waals surface area contributed by atoms with E-state index in [1.54, 1.807) is 36.5 Å². The van der Waals surface area contributed by atoms with E-state index in [4.69, 9.17) is 10.5 Å². The summed E-state index contributed by atoms with van der Waals surface area (Å²) in [7, 11) is 1.68. The van der Waals surface area contributed by atoms with E-state index in [9.17, 15) is 9.59 Å². The van der Waals surface area contributed by atoms with Crippen LogP contribution in [0.5, 0.6) is 5.75 Å². The normalized spacial score (nSPS) is 26.1. The van der Waals surface area contributed by atoms with Crippen molar-refractivity contribution in [1.29, 1.82) is 0 Å². The highest BCUT2D eigenvalue weighted by Crippen LogP contribution is 2.35. The molecule has 198 valence electrons. The van der Waals surface area contributed by atoms with Crippen LogP contribution in [-0.2, 0) is 11.3 Å². The Kier molecular flexibility index (Phi) is 8.05. The average molecular weight is 506 g/mol. The van der Waals surface area contributed by atoms with Crippen LogP contribution >= 0.6 is 0 Å². The molecule has 2 heterocycles. The maximum Gasteiger partial charge on any atom is 0.256 e. The highest BCUT2D eigenvalue weighted by molar-refractivity contribution is 5.97. The number of hydrogen-bond acceptors (Lipinski definition) is 6. The number of nitrogens with zero attached hydrogens (tertiary/aromatic N) is 3. The van der Waals surface area contributed by atoms with Gasteiger partial charge in [-0.2, -0.15) is 0 Å². The lowest BCUT2D eigenvalue weighted by Crippen LogP contribution is -2.59. The first-order valence-electron chi connectivity index (χ1n) is 13.7. The summed E-state index contributed by atoms with van der Waals surface area (Å²) >= 11 is 0. The number of rotatable bonds is 8. The summed E-state index contributed by atoms with van der Waals surface area (Å²) in [6, 6.07) is 12.4. The van der Waals surface area contributed by atoms with E-state index in [-0.39, 0.29) is 29.9 Å². The number of aromatic nitrogens is 1. The Morgan fingerprint density at radius 2 is 1.81 bits per heavy atom. The molecule has 8 nitrogen and oxygen atoms in total. The van der Waals surface area contributed by atoms with Crippen molar-refractivity contribution in [3.05, 3.63) is 59.9 Å². The molecule has 0 spiro atoms. The van der Waals surface area contributed by atoms with Crippen molar-refractivity contribution in [1.82, 2.24) is 20.1 Å². The van der Waals surface area contributed by atoms with Crippen LogP contribution in [0.1, 0.15) is 67.3 Å². The van der Waals surface area contributed by atoms with Gasteiger partial charge < -0.3 is 20.7 Å². The van der Waals surface area contributed by atoms with Gasteiger partial charge in [-0.05, 0) is 81.2 Å². The van der Waals surface area contributed by atoms with E-state index in [2.05, 4.69) is 27.3 Å². The lowest BCUT2D eigenvalue weighted by molar-refractivity contribution is -0.128. The number of carbonyl (C=O) groups excluding carboxylic acids is 2. The van der Waals surface area contributed by atoms with Crippen LogP contribution in [-0.4, -0.2) is 70.5 Å². The predicted molar refractivity (Wildman–Crippen MR) is 142 cm³/mol. The van der Waals surface area contributed by atoms with Gasteiger partial charge in [0.1, 0.15) is 11.8 Å². The van der Waals surface area contributed by atoms with Crippen LogP contribution < -0.4 is 15.8 Å². The molecule has 3 N–H and O–H groups in total. The number of nitrogens with one attached hydrogen (secondary N) is 1. The van der Waals surface area contributed by atoms with Crippen molar-refractivity contribution in [2.45, 2.75) is 88.1 Å². The van der Waals surface area contributed by atoms with Crippen molar-refractivity contribution < 1.29 is 14.3 Å². The second-order valence-corrected chi connectivity index (χ2v) is 10.8. The topological polar surface area (TPSA) is 101 Å². The van der Waals surface area contributed by atoms with Crippen molar-refractivity contribution in [2.24, 2.45) is 5.73 Å². The fourth-order valence-electron chi connectivity index (χ4n) is 5.86. The number of nitrogens with two attached hydrogens (primary N) is 1. The Balaban J connectivity index is 1.33. The maximum absolute atomic E-state index is 13.7. The van der Waals surface area contributed by atoms with E-state index in [1.165, 1.54) is 18.4 Å². The van der Waals surface area contributed by atoms with Gasteiger partial charge in [0.15, 0.2) is 0 Å². The van der Waals surface area contributed by atoms with Crippen molar-refractivity contribution in [3.8, 4) is 5.75 Å². The van der Waals surface area contributed by atoms with Gasteiger partial charge in [-0.15, -0.1) is 0 Å². The third-order valence-electron chi connectivity index (χ3n) is 8.17. The summed E-state index contributed by atoms with van der Waals surface area (Å²) in [4.78, 5) is 35.6. The zero-order valence-electron chi connectivity index (χ0n) is 21.7. The number of carbonyl (C=O) groups is 2. The number of methoxy groups -OCH3 is 1. The Morgan fingerprint density at radius 3 is 2.46 bits per heavy atom. The molecular weight excluding hydrogens is 466 g/mol. The Hall–Kier alpha value is -2.97. The van der Waals surface area contributed by atoms with Gasteiger partial charge in [0.2, 0.25) is 5.91 Å². The highest BCUT2D eigenvalue weighted by atomic mass is 16.5. The Labute approximate surface area is 219 Å². The molecule has 1 aromatic heterocycles. The number of amides is 2. The molecule has 1 aliphatic heterocycles. The first-order chi connectivity index (χ1) is 18.0. The van der Waals surface area contributed by atoms with Crippen molar-refractivity contribution >= 4 is 11.8 Å². The fourth-order valence-corrected chi connectivity index (χ4v) is 5.86. The molecule has 8 heteroatoms. The second kappa shape index (κ2) is 11.6. The number of hydrogen-bond donors (Lipinski definition) is 2. The summed E-state index contributed by atoms with van der Waals surface area (Å²) in [6.45, 7) is 1.39. The molecule has 1 unspecified atom stereocenters. The molecule has 3 aliphatic rings. The molecule has 3 fully saturated rings. The second-order valence-electron chi connectivity index (χ2n) is 10.8. The first kappa shape index (κ1) is 25.7. The molecule has 2 atom stereocenters. The fraction of sp³-hybridized carbons (Fsp3) is 0.552. The van der Waals surface area contributed by atoms with Crippen LogP contribution in [0.4, 0.5) is 0 Å². The molecule has 0 bridgehead atoms. The van der Waals surface area contributed by atoms with E-state index in [1.807, 2.05) is 12.1 Å². The van der Waals surface area contributed by atoms with Gasteiger partial charge in [0.25, 0.3) is 5.91 Å². The zero-order chi connectivity index (χ0) is 25.8. The van der Waals surface area contributed by atoms with Crippen molar-refractivity contribution in [2.75, 3.05) is 13.7 Å². The minimum Gasteiger partial charge on any atom is -0.497 e. The Bertz CT molecular complexity index is 1050. The Morgan fingerprint density at radius 1 is 1.05 bits per heavy atom. The van der Waals surface area contributed by atoms with E-state index >= 15 is 0 Å². The van der Waals surface area contributed by atoms with Gasteiger partial charge in [-0.25, -0.2) is 0 Å². The SMILES string of the molecule is COc1ccc(CN(C2CC2)C2CCN(C(=O)c3cccnc3)[C@@H](C(=O)NC3CCC(N)CC3)C2)cc1. The molecule has 0 radical (unpaired) electrons. The molecule has 2 saturated carbocycles. The molecule has 1 saturated heterocycles. The molecule has 37 heavy (non-hydrogen) atoms. The van der Waals surface area contributed by atoms with Crippen LogP contribution in [0.3, 0.4) is 0 Å². The number of benzene rings is 1. The smallest absolute Gasteiger partial charge is 0.256 e. The van der Waals surface area contributed by atoms with E-state index < -0.39 is 6.04 Å². The van der Waals surface area contributed by atoms with Gasteiger partial charge in [0, 0.05) is 49.7 Å². The van der Waals surface area contributed by atoms with E-state index in [0.717, 1.165) is 44.4 Å². The molecular formula is C29H39N5O3. The molecule has 2 aliphatic carbocycles. The van der Waals surface area contributed by atoms with Gasteiger partial charge in [0.05, 0.1) is 12.7 Å². The summed E-state index contributed by atoms with van der Waals surface area (Å²) in [5.41, 5.74) is 7.84. The molecule has 5 rings (SSSR count). The first-order valence-corrected chi connectivity index (χ1v) is 13.7. The largest absolute Gasteiger partial charge is 0.497 e. The predicted octanol–water partition coefficient (Wildman–Crippen LogP) is 3.11. The summed E-state index contributed by atoms with van der Waals surface area (Å²) in [5.74, 6) is 0.692. The summed E-state index contributed by atoms with van der Waals surface area (Å²) < 4.78 is 5.32. The number of ether oxygens (including phenoxy) is 1. The lowest BCUT2D eigenvalue weighted by atomic mass is 9.90. The van der Waals surface area contributed by atoms with Gasteiger partial charge in [-0.1, -0.05) is 12.1 Å². The molecule has 2 aromatic rings. The average Bonchev–Trinajstić information content (AvgIpc) is 3.78. The zero-order valence-corrected chi connectivity index (χ0v) is 21.7. The molecule has 2 amide bonds. The molecule has 1 aromatic carbocycles. The minimum atomic E-state index is -0.501.